The summed E-state index contributed by atoms with van der Waals surface area (Å²) in [6.45, 7) is 1.47. The maximum atomic E-state index is 14.0. The molecule has 2 heterocycles. The van der Waals surface area contributed by atoms with Gasteiger partial charge in [0.25, 0.3) is 0 Å². The number of nitrogens with two attached hydrogens (primary N) is 1. The van der Waals surface area contributed by atoms with Gasteiger partial charge in [0, 0.05) is 5.92 Å². The Hall–Kier alpha value is -1.84. The number of Topliss-reactive ketones (excluding diaryl/α,β-unsaturated/α-hetero) is 1. The Morgan fingerprint density at radius 1 is 1.40 bits per heavy atom. The number of aromatic nitrogens is 2. The first-order chi connectivity index (χ1) is 11.8. The third-order valence-corrected chi connectivity index (χ3v) is 5.17. The van der Waals surface area contributed by atoms with E-state index in [1.54, 1.807) is 0 Å². The standard InChI is InChI=1S/C16H22FN3O5/c1-8-11(21)13(23)16(25-8,12(22)9-5-3-2-4-6-9)20-7-10(17)14(18)19-15(20)24/h7-9,11,13,21,23H,2-6H2,1H3,(H2,18,19,24)/t8-,11-,13-,16-/m1/s1. The Morgan fingerprint density at radius 3 is 2.60 bits per heavy atom. The van der Waals surface area contributed by atoms with Crippen molar-refractivity contribution in [1.82, 2.24) is 9.55 Å². The second kappa shape index (κ2) is 6.47. The highest BCUT2D eigenvalue weighted by Crippen LogP contribution is 2.40. The molecule has 2 aliphatic rings. The zero-order valence-electron chi connectivity index (χ0n) is 13.9. The van der Waals surface area contributed by atoms with Crippen molar-refractivity contribution < 1.29 is 24.1 Å². The van der Waals surface area contributed by atoms with E-state index in [9.17, 15) is 24.2 Å². The molecular formula is C16H22FN3O5. The maximum Gasteiger partial charge on any atom is 0.352 e. The van der Waals surface area contributed by atoms with Gasteiger partial charge in [-0.3, -0.25) is 9.36 Å². The lowest BCUT2D eigenvalue weighted by Gasteiger charge is -2.36. The first-order valence-electron chi connectivity index (χ1n) is 8.42. The maximum absolute atomic E-state index is 14.0. The Kier molecular flexibility index (Phi) is 4.65. The van der Waals surface area contributed by atoms with E-state index in [1.807, 2.05) is 0 Å². The van der Waals surface area contributed by atoms with E-state index in [0.29, 0.717) is 23.6 Å². The number of ether oxygens (including phenoxy) is 1. The van der Waals surface area contributed by atoms with Gasteiger partial charge in [-0.15, -0.1) is 0 Å². The van der Waals surface area contributed by atoms with Crippen molar-refractivity contribution in [2.45, 2.75) is 63.1 Å². The van der Waals surface area contributed by atoms with Crippen LogP contribution in [0.25, 0.3) is 0 Å². The minimum absolute atomic E-state index is 0.451. The van der Waals surface area contributed by atoms with Crippen LogP contribution >= 0.6 is 0 Å². The van der Waals surface area contributed by atoms with E-state index in [2.05, 4.69) is 4.98 Å². The molecular weight excluding hydrogens is 333 g/mol. The second-order valence-corrected chi connectivity index (χ2v) is 6.78. The summed E-state index contributed by atoms with van der Waals surface area (Å²) in [5.41, 5.74) is 2.07. The predicted molar refractivity (Wildman–Crippen MR) is 85.0 cm³/mol. The van der Waals surface area contributed by atoms with Crippen molar-refractivity contribution >= 4 is 11.6 Å². The molecule has 1 aromatic rings. The van der Waals surface area contributed by atoms with Crippen molar-refractivity contribution in [3.05, 3.63) is 22.5 Å². The Bertz CT molecular complexity index is 733. The number of ketones is 1. The number of aliphatic hydroxyl groups is 2. The van der Waals surface area contributed by atoms with Crippen LogP contribution in [0.1, 0.15) is 39.0 Å². The van der Waals surface area contributed by atoms with Crippen LogP contribution in [-0.2, 0) is 15.3 Å². The number of anilines is 1. The molecule has 0 amide bonds. The molecule has 4 N–H and O–H groups in total. The molecule has 3 rings (SSSR count). The summed E-state index contributed by atoms with van der Waals surface area (Å²) in [6.07, 6.45) is 0.501. The molecule has 0 bridgehead atoms. The van der Waals surface area contributed by atoms with Crippen LogP contribution in [0.3, 0.4) is 0 Å². The number of carbonyl (C=O) groups is 1. The van der Waals surface area contributed by atoms with Gasteiger partial charge in [0.2, 0.25) is 5.72 Å². The van der Waals surface area contributed by atoms with Crippen LogP contribution in [-0.4, -0.2) is 43.9 Å². The molecule has 1 saturated heterocycles. The van der Waals surface area contributed by atoms with Gasteiger partial charge in [0.15, 0.2) is 17.4 Å². The number of aliphatic hydroxyl groups excluding tert-OH is 2. The molecule has 0 spiro atoms. The average molecular weight is 355 g/mol. The fourth-order valence-corrected chi connectivity index (χ4v) is 3.77. The molecule has 0 unspecified atom stereocenters. The van der Waals surface area contributed by atoms with Gasteiger partial charge in [-0.05, 0) is 19.8 Å². The fraction of sp³-hybridized carbons (Fsp3) is 0.688. The van der Waals surface area contributed by atoms with E-state index >= 15 is 0 Å². The zero-order valence-corrected chi connectivity index (χ0v) is 13.9. The summed E-state index contributed by atoms with van der Waals surface area (Å²) < 4.78 is 20.2. The van der Waals surface area contributed by atoms with Crippen molar-refractivity contribution in [3.8, 4) is 0 Å². The lowest BCUT2D eigenvalue weighted by atomic mass is 9.80. The molecule has 2 fully saturated rings. The third-order valence-electron chi connectivity index (χ3n) is 5.17. The smallest absolute Gasteiger partial charge is 0.352 e. The molecule has 25 heavy (non-hydrogen) atoms. The van der Waals surface area contributed by atoms with Gasteiger partial charge in [-0.25, -0.2) is 9.18 Å². The summed E-state index contributed by atoms with van der Waals surface area (Å²) in [4.78, 5) is 28.9. The summed E-state index contributed by atoms with van der Waals surface area (Å²) >= 11 is 0. The van der Waals surface area contributed by atoms with E-state index in [-0.39, 0.29) is 0 Å². The van der Waals surface area contributed by atoms with Crippen molar-refractivity contribution in [2.75, 3.05) is 5.73 Å². The van der Waals surface area contributed by atoms with Crippen LogP contribution in [0, 0.1) is 11.7 Å². The Labute approximate surface area is 143 Å². The van der Waals surface area contributed by atoms with Gasteiger partial charge < -0.3 is 20.7 Å². The molecule has 0 radical (unpaired) electrons. The lowest BCUT2D eigenvalue weighted by Crippen LogP contribution is -2.58. The van der Waals surface area contributed by atoms with Gasteiger partial charge in [-0.1, -0.05) is 19.3 Å². The number of carbonyl (C=O) groups excluding carboxylic acids is 1. The second-order valence-electron chi connectivity index (χ2n) is 6.78. The molecule has 1 saturated carbocycles. The van der Waals surface area contributed by atoms with Crippen molar-refractivity contribution in [1.29, 1.82) is 0 Å². The average Bonchev–Trinajstić information content (AvgIpc) is 2.83. The molecule has 4 atom stereocenters. The molecule has 0 aromatic carbocycles. The molecule has 1 aliphatic heterocycles. The van der Waals surface area contributed by atoms with Gasteiger partial charge in [0.05, 0.1) is 12.3 Å². The normalized spacial score (nSPS) is 33.5. The van der Waals surface area contributed by atoms with Crippen LogP contribution in [0.2, 0.25) is 0 Å². The van der Waals surface area contributed by atoms with Crippen LogP contribution < -0.4 is 11.4 Å². The summed E-state index contributed by atoms with van der Waals surface area (Å²) in [5, 5.41) is 20.7. The number of hydrogen-bond acceptors (Lipinski definition) is 7. The van der Waals surface area contributed by atoms with Crippen molar-refractivity contribution in [2.24, 2.45) is 5.92 Å². The first kappa shape index (κ1) is 18.0. The Morgan fingerprint density at radius 2 is 2.04 bits per heavy atom. The molecule has 9 heteroatoms. The highest BCUT2D eigenvalue weighted by Gasteiger charge is 2.60. The highest BCUT2D eigenvalue weighted by molar-refractivity contribution is 5.88. The number of halogens is 1. The van der Waals surface area contributed by atoms with Gasteiger partial charge in [0.1, 0.15) is 12.2 Å². The molecule has 1 aliphatic carbocycles. The number of hydrogen-bond donors (Lipinski definition) is 3. The number of rotatable bonds is 3. The predicted octanol–water partition coefficient (Wildman–Crippen LogP) is -0.0927. The number of nitrogens with zero attached hydrogens (tertiary/aromatic N) is 2. The summed E-state index contributed by atoms with van der Waals surface area (Å²) in [5.74, 6) is -2.62. The quantitative estimate of drug-likeness (QED) is 0.691. The van der Waals surface area contributed by atoms with Crippen LogP contribution in [0.5, 0.6) is 0 Å². The van der Waals surface area contributed by atoms with Gasteiger partial charge >= 0.3 is 5.69 Å². The van der Waals surface area contributed by atoms with E-state index in [4.69, 9.17) is 10.5 Å². The van der Waals surface area contributed by atoms with E-state index in [0.717, 1.165) is 19.3 Å². The highest BCUT2D eigenvalue weighted by atomic mass is 19.1. The summed E-state index contributed by atoms with van der Waals surface area (Å²) in [7, 11) is 0. The number of nitrogen functional groups attached to an aromatic ring is 1. The minimum Gasteiger partial charge on any atom is -0.387 e. The monoisotopic (exact) mass is 355 g/mol. The first-order valence-corrected chi connectivity index (χ1v) is 8.42. The van der Waals surface area contributed by atoms with Crippen molar-refractivity contribution in [3.63, 3.8) is 0 Å². The third kappa shape index (κ3) is 2.76. The Balaban J connectivity index is 2.15. The van der Waals surface area contributed by atoms with Crippen LogP contribution in [0.15, 0.2) is 11.0 Å². The zero-order chi connectivity index (χ0) is 18.4. The molecule has 138 valence electrons. The summed E-state index contributed by atoms with van der Waals surface area (Å²) in [6, 6.07) is 0. The molecule has 1 aromatic heterocycles. The van der Waals surface area contributed by atoms with Crippen LogP contribution in [0.4, 0.5) is 10.2 Å². The molecule has 8 nitrogen and oxygen atoms in total. The van der Waals surface area contributed by atoms with E-state index < -0.39 is 53.1 Å². The largest absolute Gasteiger partial charge is 0.387 e. The van der Waals surface area contributed by atoms with Gasteiger partial charge in [-0.2, -0.15) is 4.98 Å². The topological polar surface area (TPSA) is 128 Å². The SMILES string of the molecule is C[C@H]1O[C@@](C(=O)C2CCCCC2)(n2cc(F)c(N)nc2=O)[C@H](O)[C@@H]1O. The van der Waals surface area contributed by atoms with E-state index in [1.165, 1.54) is 6.92 Å². The lowest BCUT2D eigenvalue weighted by molar-refractivity contribution is -0.178. The fourth-order valence-electron chi connectivity index (χ4n) is 3.77. The minimum atomic E-state index is -2.21.